The summed E-state index contributed by atoms with van der Waals surface area (Å²) in [5.41, 5.74) is 0. The molecule has 0 aromatic rings. The highest BCUT2D eigenvalue weighted by atomic mass is 31.2. The largest absolute Gasteiger partial charge is 0.756 e. The number of hydrogen-bond acceptors (Lipinski definition) is 6. The van der Waals surface area contributed by atoms with E-state index in [0.29, 0.717) is 17.4 Å². The Kier molecular flexibility index (Phi) is 65.5. The van der Waals surface area contributed by atoms with E-state index in [1.54, 1.807) is 6.08 Å². The third-order valence-electron chi connectivity index (χ3n) is 15.4. The maximum Gasteiger partial charge on any atom is 0.268 e. The van der Waals surface area contributed by atoms with Gasteiger partial charge in [-0.05, 0) is 122 Å². The van der Waals surface area contributed by atoms with Crippen LogP contribution >= 0.6 is 7.82 Å². The highest BCUT2D eigenvalue weighted by molar-refractivity contribution is 7.45. The van der Waals surface area contributed by atoms with Crippen LogP contribution in [0, 0.1) is 0 Å². The Morgan fingerprint density at radius 2 is 0.697 bits per heavy atom. The number of allylic oxidation sites excluding steroid dienone is 25. The molecule has 0 fully saturated rings. The Balaban J connectivity index is 4.17. The quantitative estimate of drug-likeness (QED) is 0.0272. The zero-order chi connectivity index (χ0) is 64.8. The van der Waals surface area contributed by atoms with Gasteiger partial charge in [0.25, 0.3) is 7.82 Å². The number of nitrogens with zero attached hydrogens (tertiary/aromatic N) is 1. The number of phosphoric acid groups is 1. The first kappa shape index (κ1) is 85.1. The molecule has 89 heavy (non-hydrogen) atoms. The first-order chi connectivity index (χ1) is 43.5. The Morgan fingerprint density at radius 3 is 1.04 bits per heavy atom. The lowest BCUT2D eigenvalue weighted by atomic mass is 10.0. The van der Waals surface area contributed by atoms with Gasteiger partial charge in [0.1, 0.15) is 13.2 Å². The Morgan fingerprint density at radius 1 is 0.404 bits per heavy atom. The van der Waals surface area contributed by atoms with Gasteiger partial charge in [0.05, 0.1) is 39.9 Å². The van der Waals surface area contributed by atoms with Crippen LogP contribution in [0.5, 0.6) is 0 Å². The summed E-state index contributed by atoms with van der Waals surface area (Å²) < 4.78 is 23.4. The predicted octanol–water partition coefficient (Wildman–Crippen LogP) is 23.1. The molecule has 0 spiro atoms. The van der Waals surface area contributed by atoms with E-state index in [1.807, 2.05) is 27.2 Å². The van der Waals surface area contributed by atoms with Crippen LogP contribution in [0.1, 0.15) is 290 Å². The lowest BCUT2D eigenvalue weighted by Crippen LogP contribution is -2.45. The highest BCUT2D eigenvalue weighted by Crippen LogP contribution is 2.38. The van der Waals surface area contributed by atoms with Crippen LogP contribution in [0.25, 0.3) is 0 Å². The molecule has 0 radical (unpaired) electrons. The van der Waals surface area contributed by atoms with Crippen molar-refractivity contribution in [1.29, 1.82) is 0 Å². The molecule has 3 unspecified atom stereocenters. The van der Waals surface area contributed by atoms with E-state index in [0.717, 1.165) is 122 Å². The molecule has 0 aromatic heterocycles. The molecule has 0 heterocycles. The summed E-state index contributed by atoms with van der Waals surface area (Å²) in [6, 6.07) is -0.925. The summed E-state index contributed by atoms with van der Waals surface area (Å²) >= 11 is 0. The number of carbonyl (C=O) groups is 1. The average Bonchev–Trinajstić information content (AvgIpc) is 3.61. The van der Waals surface area contributed by atoms with Gasteiger partial charge in [-0.25, -0.2) is 0 Å². The van der Waals surface area contributed by atoms with Gasteiger partial charge in [0, 0.05) is 6.42 Å². The second-order valence-corrected chi connectivity index (χ2v) is 26.6. The van der Waals surface area contributed by atoms with Crippen molar-refractivity contribution in [2.24, 2.45) is 0 Å². The molecule has 0 rings (SSSR count). The molecule has 3 atom stereocenters. The molecule has 0 saturated carbocycles. The smallest absolute Gasteiger partial charge is 0.268 e. The molecular weight excluding hydrogens is 1120 g/mol. The molecule has 0 aliphatic heterocycles. The van der Waals surface area contributed by atoms with E-state index in [2.05, 4.69) is 165 Å². The number of hydrogen-bond donors (Lipinski definition) is 2. The third kappa shape index (κ3) is 71.4. The van der Waals surface area contributed by atoms with Crippen molar-refractivity contribution in [3.05, 3.63) is 158 Å². The minimum absolute atomic E-state index is 0.0170. The molecule has 8 nitrogen and oxygen atoms in total. The topological polar surface area (TPSA) is 108 Å². The van der Waals surface area contributed by atoms with Crippen molar-refractivity contribution in [2.75, 3.05) is 40.9 Å². The summed E-state index contributed by atoms with van der Waals surface area (Å²) in [7, 11) is 1.22. The molecule has 9 heteroatoms. The van der Waals surface area contributed by atoms with Gasteiger partial charge in [-0.15, -0.1) is 0 Å². The fourth-order valence-corrected chi connectivity index (χ4v) is 10.6. The zero-order valence-electron chi connectivity index (χ0n) is 58.1. The number of aliphatic hydroxyl groups excluding tert-OH is 1. The van der Waals surface area contributed by atoms with Crippen LogP contribution < -0.4 is 10.2 Å². The van der Waals surface area contributed by atoms with Gasteiger partial charge in [-0.1, -0.05) is 320 Å². The predicted molar refractivity (Wildman–Crippen MR) is 389 cm³/mol. The second kappa shape index (κ2) is 68.5. The van der Waals surface area contributed by atoms with E-state index in [1.165, 1.54) is 148 Å². The van der Waals surface area contributed by atoms with Crippen LogP contribution in [-0.4, -0.2) is 68.5 Å². The molecule has 0 aromatic carbocycles. The van der Waals surface area contributed by atoms with Gasteiger partial charge in [-0.2, -0.15) is 0 Å². The van der Waals surface area contributed by atoms with Gasteiger partial charge in [-0.3, -0.25) is 9.36 Å². The molecule has 1 amide bonds. The zero-order valence-corrected chi connectivity index (χ0v) is 59.0. The minimum atomic E-state index is -4.63. The van der Waals surface area contributed by atoms with Crippen LogP contribution in [0.4, 0.5) is 0 Å². The first-order valence-electron chi connectivity index (χ1n) is 36.3. The van der Waals surface area contributed by atoms with E-state index in [9.17, 15) is 19.4 Å². The molecule has 0 saturated heterocycles. The summed E-state index contributed by atoms with van der Waals surface area (Å²) in [6.07, 6.45) is 107. The standard InChI is InChI=1S/C80H137N2O6P/c1-6-8-10-12-14-16-18-20-22-24-26-28-30-32-34-35-36-37-38-39-40-41-42-43-44-45-46-47-48-50-52-54-56-58-60-62-64-66-68-70-72-74-80(84)81-78(77-88-89(85,86)87-76-75-82(3,4)5)79(83)73-71-69-67-65-63-61-59-57-55-53-51-49-33-31-29-27-25-23-21-19-17-15-13-11-9-7-2/h8,10,14,16,20,22,26,28,32,34,36-37,39-40,42-43,45-46,48,50,55,57,63,65,71,73,78-79,83H,6-7,9,11-13,15,17-19,21,23-25,27,29-31,33,35,38,41,44,47,49,51-54,56,58-62,64,66-70,72,74-77H2,1-5H3,(H-,81,84,85,86)/b10-8-,16-14-,22-20-,28-26-,34-32-,37-36-,40-39-,43-42-,46-45-,50-48-,57-55+,65-63+,73-71+. The van der Waals surface area contributed by atoms with Gasteiger partial charge < -0.3 is 28.8 Å². The maximum atomic E-state index is 13.0. The minimum Gasteiger partial charge on any atom is -0.756 e. The summed E-state index contributed by atoms with van der Waals surface area (Å²) in [4.78, 5) is 25.6. The number of carbonyl (C=O) groups excluding carboxylic acids is 1. The number of phosphoric ester groups is 1. The lowest BCUT2D eigenvalue weighted by Gasteiger charge is -2.29. The number of rotatable bonds is 65. The normalized spacial score (nSPS) is 14.6. The van der Waals surface area contributed by atoms with Crippen molar-refractivity contribution < 1.29 is 32.9 Å². The molecule has 508 valence electrons. The Bertz CT molecular complexity index is 2010. The summed E-state index contributed by atoms with van der Waals surface area (Å²) in [6.45, 7) is 4.51. The van der Waals surface area contributed by atoms with E-state index in [-0.39, 0.29) is 12.5 Å². The Labute approximate surface area is 550 Å². The summed E-state index contributed by atoms with van der Waals surface area (Å²) in [5.74, 6) is -0.220. The van der Waals surface area contributed by atoms with Gasteiger partial charge in [0.2, 0.25) is 5.91 Å². The molecule has 2 N–H and O–H groups in total. The number of amides is 1. The van der Waals surface area contributed by atoms with Crippen LogP contribution in [0.15, 0.2) is 158 Å². The SMILES string of the molecule is CC/C=C\C/C=C\C/C=C\C/C=C\C/C=C\C/C=C\C/C=C\C/C=C\C/C=C\C/C=C\CCCCCCCCCCCCC(=O)NC(COP(=O)([O-])OCC[N+](C)(C)C)C(O)/C=C/CC/C=C/CC/C=C/CCCCCCCCCCCCCCCCCC. The molecule has 0 bridgehead atoms. The van der Waals surface area contributed by atoms with E-state index in [4.69, 9.17) is 9.05 Å². The molecular formula is C80H137N2O6P. The second-order valence-electron chi connectivity index (χ2n) is 25.2. The van der Waals surface area contributed by atoms with Gasteiger partial charge >= 0.3 is 0 Å². The average molecular weight is 1250 g/mol. The van der Waals surface area contributed by atoms with Crippen LogP contribution in [-0.2, 0) is 18.4 Å². The van der Waals surface area contributed by atoms with Crippen molar-refractivity contribution in [2.45, 2.75) is 302 Å². The Hall–Kier alpha value is -3.88. The number of unbranched alkanes of at least 4 members (excludes halogenated alkanes) is 28. The summed E-state index contributed by atoms with van der Waals surface area (Å²) in [5, 5.41) is 13.9. The van der Waals surface area contributed by atoms with E-state index >= 15 is 0 Å². The molecule has 0 aliphatic carbocycles. The van der Waals surface area contributed by atoms with Crippen LogP contribution in [0.3, 0.4) is 0 Å². The van der Waals surface area contributed by atoms with Crippen molar-refractivity contribution in [3.8, 4) is 0 Å². The monoisotopic (exact) mass is 1250 g/mol. The first-order valence-corrected chi connectivity index (χ1v) is 37.8. The fraction of sp³-hybridized carbons (Fsp3) is 0.662. The number of likely N-dealkylation sites (N-methyl/N-ethyl adjacent to an activating group) is 1. The number of nitrogens with one attached hydrogen (secondary N) is 1. The van der Waals surface area contributed by atoms with Crippen molar-refractivity contribution >= 4 is 13.7 Å². The number of aliphatic hydroxyl groups is 1. The highest BCUT2D eigenvalue weighted by Gasteiger charge is 2.23. The van der Waals surface area contributed by atoms with E-state index < -0.39 is 26.6 Å². The third-order valence-corrected chi connectivity index (χ3v) is 16.4. The molecule has 0 aliphatic rings. The van der Waals surface area contributed by atoms with Crippen molar-refractivity contribution in [3.63, 3.8) is 0 Å². The number of quaternary nitrogens is 1. The fourth-order valence-electron chi connectivity index (χ4n) is 9.86. The maximum absolute atomic E-state index is 13.0. The van der Waals surface area contributed by atoms with Gasteiger partial charge in [0.15, 0.2) is 0 Å². The lowest BCUT2D eigenvalue weighted by molar-refractivity contribution is -0.870. The van der Waals surface area contributed by atoms with Crippen LogP contribution in [0.2, 0.25) is 0 Å². The van der Waals surface area contributed by atoms with Crippen molar-refractivity contribution in [1.82, 2.24) is 5.32 Å².